The molecule has 0 saturated heterocycles. The molecule has 0 bridgehead atoms. The van der Waals surface area contributed by atoms with Crippen molar-refractivity contribution >= 4 is 23.1 Å². The maximum absolute atomic E-state index is 13.2. The lowest BCUT2D eigenvalue weighted by molar-refractivity contribution is 0.220. The smallest absolute Gasteiger partial charge is 0.321 e. The first-order valence-corrected chi connectivity index (χ1v) is 9.28. The quantitative estimate of drug-likeness (QED) is 0.661. The number of urea groups is 1. The summed E-state index contributed by atoms with van der Waals surface area (Å²) in [6.45, 7) is 2.66. The molecule has 5 nitrogen and oxygen atoms in total. The summed E-state index contributed by atoms with van der Waals surface area (Å²) in [7, 11) is 1.72. The summed E-state index contributed by atoms with van der Waals surface area (Å²) in [4.78, 5) is 18.3. The van der Waals surface area contributed by atoms with Crippen molar-refractivity contribution in [3.63, 3.8) is 0 Å². The molecule has 2 aromatic carbocycles. The highest BCUT2D eigenvalue weighted by molar-refractivity contribution is 7.09. The molecule has 1 N–H and O–H groups in total. The normalized spacial score (nSPS) is 10.5. The third-order valence-corrected chi connectivity index (χ3v) is 4.61. The van der Waals surface area contributed by atoms with Crippen molar-refractivity contribution < 1.29 is 13.9 Å². The highest BCUT2D eigenvalue weighted by atomic mass is 32.1. The molecule has 1 aromatic heterocycles. The first-order valence-electron chi connectivity index (χ1n) is 8.40. The van der Waals surface area contributed by atoms with E-state index in [9.17, 15) is 9.18 Å². The van der Waals surface area contributed by atoms with Gasteiger partial charge in [-0.15, -0.1) is 11.3 Å². The van der Waals surface area contributed by atoms with Gasteiger partial charge in [0.2, 0.25) is 0 Å². The lowest BCUT2D eigenvalue weighted by atomic mass is 10.2. The predicted molar refractivity (Wildman–Crippen MR) is 105 cm³/mol. The Morgan fingerprint density at radius 3 is 2.81 bits per heavy atom. The molecular weight excluding hydrogens is 365 g/mol. The van der Waals surface area contributed by atoms with Crippen molar-refractivity contribution in [3.8, 4) is 5.75 Å². The minimum atomic E-state index is -0.341. The molecule has 140 valence electrons. The van der Waals surface area contributed by atoms with Crippen LogP contribution in [0.3, 0.4) is 0 Å². The molecule has 0 fully saturated rings. The fourth-order valence-corrected chi connectivity index (χ4v) is 3.08. The summed E-state index contributed by atoms with van der Waals surface area (Å²) in [6.07, 6.45) is 0. The van der Waals surface area contributed by atoms with Gasteiger partial charge in [0.15, 0.2) is 0 Å². The van der Waals surface area contributed by atoms with E-state index in [0.29, 0.717) is 18.0 Å². The summed E-state index contributed by atoms with van der Waals surface area (Å²) in [6, 6.07) is 13.1. The van der Waals surface area contributed by atoms with E-state index in [0.717, 1.165) is 16.3 Å². The van der Waals surface area contributed by atoms with Gasteiger partial charge < -0.3 is 15.0 Å². The molecule has 0 aliphatic rings. The fraction of sp³-hybridized carbons (Fsp3) is 0.200. The van der Waals surface area contributed by atoms with Gasteiger partial charge in [0, 0.05) is 24.2 Å². The molecule has 0 atom stereocenters. The van der Waals surface area contributed by atoms with Gasteiger partial charge in [0.1, 0.15) is 18.2 Å². The van der Waals surface area contributed by atoms with E-state index in [1.165, 1.54) is 12.1 Å². The molecule has 0 aliphatic carbocycles. The summed E-state index contributed by atoms with van der Waals surface area (Å²) in [5.74, 6) is 0.120. The molecule has 0 saturated carbocycles. The van der Waals surface area contributed by atoms with Crippen LogP contribution >= 0.6 is 11.3 Å². The number of aryl methyl sites for hydroxylation is 1. The summed E-state index contributed by atoms with van der Waals surface area (Å²) in [5, 5.41) is 5.79. The second-order valence-electron chi connectivity index (χ2n) is 6.09. The molecule has 27 heavy (non-hydrogen) atoms. The standard InChI is InChI=1S/C20H20FN3O2S/c1-14-22-18(13-27-14)11-24(2)20(25)23-17-7-3-5-15(9-17)12-26-19-8-4-6-16(21)10-19/h3-10,13H,11-12H2,1-2H3,(H,23,25). The third-order valence-electron chi connectivity index (χ3n) is 3.79. The van der Waals surface area contributed by atoms with Crippen LogP contribution in [-0.2, 0) is 13.2 Å². The van der Waals surface area contributed by atoms with E-state index in [4.69, 9.17) is 4.74 Å². The van der Waals surface area contributed by atoms with E-state index in [1.807, 2.05) is 36.6 Å². The number of hydrogen-bond donors (Lipinski definition) is 1. The zero-order chi connectivity index (χ0) is 19.2. The monoisotopic (exact) mass is 385 g/mol. The molecule has 1 heterocycles. The van der Waals surface area contributed by atoms with Crippen LogP contribution in [-0.4, -0.2) is 23.0 Å². The largest absolute Gasteiger partial charge is 0.489 e. The Bertz CT molecular complexity index is 929. The number of benzene rings is 2. The van der Waals surface area contributed by atoms with Crippen molar-refractivity contribution in [2.75, 3.05) is 12.4 Å². The number of thiazole rings is 1. The number of amides is 2. The lowest BCUT2D eigenvalue weighted by Crippen LogP contribution is -2.31. The Morgan fingerprint density at radius 2 is 2.07 bits per heavy atom. The highest BCUT2D eigenvalue weighted by Crippen LogP contribution is 2.17. The zero-order valence-corrected chi connectivity index (χ0v) is 15.9. The number of carbonyl (C=O) groups excluding carboxylic acids is 1. The maximum Gasteiger partial charge on any atom is 0.321 e. The van der Waals surface area contributed by atoms with Gasteiger partial charge in [0.05, 0.1) is 17.2 Å². The van der Waals surface area contributed by atoms with Crippen molar-refractivity contribution in [2.24, 2.45) is 0 Å². The number of halogens is 1. The third kappa shape index (κ3) is 5.52. The fourth-order valence-electron chi connectivity index (χ4n) is 2.48. The van der Waals surface area contributed by atoms with Crippen LogP contribution < -0.4 is 10.1 Å². The van der Waals surface area contributed by atoms with Crippen LogP contribution in [0.5, 0.6) is 5.75 Å². The van der Waals surface area contributed by atoms with Gasteiger partial charge in [-0.25, -0.2) is 14.2 Å². The average Bonchev–Trinajstić information content (AvgIpc) is 3.05. The number of nitrogens with one attached hydrogen (secondary N) is 1. The number of anilines is 1. The number of ether oxygens (including phenoxy) is 1. The predicted octanol–water partition coefficient (Wildman–Crippen LogP) is 4.83. The summed E-state index contributed by atoms with van der Waals surface area (Å²) >= 11 is 1.56. The Labute approximate surface area is 161 Å². The topological polar surface area (TPSA) is 54.5 Å². The van der Waals surface area contributed by atoms with E-state index >= 15 is 0 Å². The zero-order valence-electron chi connectivity index (χ0n) is 15.1. The summed E-state index contributed by atoms with van der Waals surface area (Å²) < 4.78 is 18.8. The van der Waals surface area contributed by atoms with Crippen molar-refractivity contribution in [1.29, 1.82) is 0 Å². The lowest BCUT2D eigenvalue weighted by Gasteiger charge is -2.17. The first-order chi connectivity index (χ1) is 13.0. The highest BCUT2D eigenvalue weighted by Gasteiger charge is 2.11. The molecule has 3 aromatic rings. The number of aromatic nitrogens is 1. The van der Waals surface area contributed by atoms with Crippen LogP contribution in [0.1, 0.15) is 16.3 Å². The molecule has 0 spiro atoms. The van der Waals surface area contributed by atoms with Crippen molar-refractivity contribution in [1.82, 2.24) is 9.88 Å². The van der Waals surface area contributed by atoms with Gasteiger partial charge in [-0.2, -0.15) is 0 Å². The van der Waals surface area contributed by atoms with E-state index < -0.39 is 0 Å². The Kier molecular flexibility index (Phi) is 6.03. The van der Waals surface area contributed by atoms with Crippen molar-refractivity contribution in [3.05, 3.63) is 76.0 Å². The van der Waals surface area contributed by atoms with E-state index in [2.05, 4.69) is 10.3 Å². The molecule has 0 aliphatic heterocycles. The molecule has 2 amide bonds. The van der Waals surface area contributed by atoms with Gasteiger partial charge >= 0.3 is 6.03 Å². The molecule has 3 rings (SSSR count). The van der Waals surface area contributed by atoms with Crippen LogP contribution in [0, 0.1) is 12.7 Å². The first kappa shape index (κ1) is 18.8. The van der Waals surface area contributed by atoms with Gasteiger partial charge in [-0.3, -0.25) is 0 Å². The Balaban J connectivity index is 1.57. The Morgan fingerprint density at radius 1 is 1.26 bits per heavy atom. The molecule has 7 heteroatoms. The van der Waals surface area contributed by atoms with Crippen LogP contribution in [0.25, 0.3) is 0 Å². The van der Waals surface area contributed by atoms with Crippen LogP contribution in [0.2, 0.25) is 0 Å². The van der Waals surface area contributed by atoms with E-state index in [1.54, 1.807) is 35.4 Å². The molecular formula is C20H20FN3O2S. The minimum absolute atomic E-state index is 0.219. The van der Waals surface area contributed by atoms with E-state index in [-0.39, 0.29) is 18.5 Å². The number of rotatable bonds is 6. The number of carbonyl (C=O) groups is 1. The number of hydrogen-bond acceptors (Lipinski definition) is 4. The average molecular weight is 385 g/mol. The van der Waals surface area contributed by atoms with Crippen molar-refractivity contribution in [2.45, 2.75) is 20.1 Å². The van der Waals surface area contributed by atoms with Gasteiger partial charge in [-0.1, -0.05) is 18.2 Å². The van der Waals surface area contributed by atoms with Gasteiger partial charge in [-0.05, 0) is 36.8 Å². The second-order valence-corrected chi connectivity index (χ2v) is 7.15. The Hall–Kier alpha value is -2.93. The second kappa shape index (κ2) is 8.64. The molecule has 0 unspecified atom stereocenters. The summed E-state index contributed by atoms with van der Waals surface area (Å²) in [5.41, 5.74) is 2.41. The maximum atomic E-state index is 13.2. The molecule has 0 radical (unpaired) electrons. The minimum Gasteiger partial charge on any atom is -0.489 e. The van der Waals surface area contributed by atoms with Crippen LogP contribution in [0.15, 0.2) is 53.9 Å². The van der Waals surface area contributed by atoms with Crippen LogP contribution in [0.4, 0.5) is 14.9 Å². The SMILES string of the molecule is Cc1nc(CN(C)C(=O)Nc2cccc(COc3cccc(F)c3)c2)cs1. The number of nitrogens with zero attached hydrogens (tertiary/aromatic N) is 2. The van der Waals surface area contributed by atoms with Gasteiger partial charge in [0.25, 0.3) is 0 Å².